The van der Waals surface area contributed by atoms with Gasteiger partial charge in [0.1, 0.15) is 0 Å². The van der Waals surface area contributed by atoms with Crippen LogP contribution in [0.4, 0.5) is 0 Å². The molecule has 1 aromatic heterocycles. The summed E-state index contributed by atoms with van der Waals surface area (Å²) in [4.78, 5) is 0. The Morgan fingerprint density at radius 3 is 2.59 bits per heavy atom. The van der Waals surface area contributed by atoms with E-state index in [1.54, 1.807) is 19.4 Å². The van der Waals surface area contributed by atoms with Crippen LogP contribution >= 0.6 is 12.6 Å². The molecule has 1 N–H and O–H groups in total. The second kappa shape index (κ2) is 8.30. The number of nitrogens with zero attached hydrogens (tertiary/aromatic N) is 1. The highest BCUT2D eigenvalue weighted by Crippen LogP contribution is 2.02. The Labute approximate surface area is 106 Å². The van der Waals surface area contributed by atoms with Crippen LogP contribution in [-0.4, -0.2) is 38.7 Å². The summed E-state index contributed by atoms with van der Waals surface area (Å²) in [6.07, 6.45) is 1.56. The fourth-order valence-corrected chi connectivity index (χ4v) is 1.29. The van der Waals surface area contributed by atoms with Crippen LogP contribution in [-0.2, 0) is 20.8 Å². The van der Waals surface area contributed by atoms with Crippen molar-refractivity contribution in [2.75, 3.05) is 33.5 Å². The van der Waals surface area contributed by atoms with Gasteiger partial charge in [0, 0.05) is 23.5 Å². The lowest BCUT2D eigenvalue weighted by Crippen LogP contribution is -2.32. The number of pyridine rings is 1. The van der Waals surface area contributed by atoms with Gasteiger partial charge in [-0.25, -0.2) is 0 Å². The van der Waals surface area contributed by atoms with Crippen molar-refractivity contribution in [1.82, 2.24) is 0 Å². The molecule has 1 aromatic rings. The Balaban J connectivity index is 2.11. The summed E-state index contributed by atoms with van der Waals surface area (Å²) in [5, 5.41) is 9.83. The van der Waals surface area contributed by atoms with Crippen molar-refractivity contribution in [3.8, 4) is 0 Å². The molecule has 17 heavy (non-hydrogen) atoms. The quantitative estimate of drug-likeness (QED) is 0.312. The van der Waals surface area contributed by atoms with Crippen molar-refractivity contribution in [3.63, 3.8) is 0 Å². The first-order chi connectivity index (χ1) is 8.24. The maximum atomic E-state index is 9.35. The predicted molar refractivity (Wildman–Crippen MR) is 63.4 cm³/mol. The molecule has 0 fully saturated rings. The Kier molecular flexibility index (Phi) is 6.95. The first kappa shape index (κ1) is 14.2. The molecule has 96 valence electrons. The molecule has 0 saturated carbocycles. The topological polar surface area (TPSA) is 51.8 Å². The summed E-state index contributed by atoms with van der Waals surface area (Å²) < 4.78 is 16.4. The fraction of sp³-hybridized carbons (Fsp3) is 0.545. The van der Waals surface area contributed by atoms with Crippen LogP contribution in [0.5, 0.6) is 0 Å². The molecule has 6 heteroatoms. The van der Waals surface area contributed by atoms with Crippen molar-refractivity contribution >= 4 is 12.6 Å². The van der Waals surface area contributed by atoms with E-state index in [1.807, 2.05) is 6.07 Å². The van der Waals surface area contributed by atoms with Crippen molar-refractivity contribution in [3.05, 3.63) is 23.9 Å². The number of thiol groups is 1. The summed E-state index contributed by atoms with van der Waals surface area (Å²) in [7, 11) is 1.63. The molecule has 0 bridgehead atoms. The molecule has 1 rings (SSSR count). The molecule has 0 atom stereocenters. The molecule has 0 saturated heterocycles. The molecule has 0 spiro atoms. The molecule has 0 radical (unpaired) electrons. The van der Waals surface area contributed by atoms with Crippen LogP contribution in [0, 0.1) is 0 Å². The standard InChI is InChI=1S/C11H17NO4S/c1-14-4-5-15-6-7-16-9-10-2-3-11(17)12(13)8-10/h2-3,8,13H,4-7,9H2,1H3/p+1. The smallest absolute Gasteiger partial charge is 0.287 e. The summed E-state index contributed by atoms with van der Waals surface area (Å²) >= 11 is 4.04. The number of hydrogen-bond acceptors (Lipinski definition) is 5. The van der Waals surface area contributed by atoms with E-state index in [0.29, 0.717) is 38.1 Å². The SMILES string of the molecule is COCCOCCOCc1ccc(S)[n+](O)c1. The molecule has 0 amide bonds. The summed E-state index contributed by atoms with van der Waals surface area (Å²) in [6, 6.07) is 3.55. The molecule has 0 unspecified atom stereocenters. The summed E-state index contributed by atoms with van der Waals surface area (Å²) in [5.41, 5.74) is 0.877. The van der Waals surface area contributed by atoms with Gasteiger partial charge < -0.3 is 14.2 Å². The first-order valence-corrected chi connectivity index (χ1v) is 5.76. The second-order valence-corrected chi connectivity index (χ2v) is 3.86. The second-order valence-electron chi connectivity index (χ2n) is 3.40. The highest BCUT2D eigenvalue weighted by Gasteiger charge is 2.06. The first-order valence-electron chi connectivity index (χ1n) is 5.31. The van der Waals surface area contributed by atoms with Gasteiger partial charge in [-0.2, -0.15) is 0 Å². The van der Waals surface area contributed by atoms with E-state index in [4.69, 9.17) is 14.2 Å². The summed E-state index contributed by atoms with van der Waals surface area (Å²) in [6.45, 7) is 2.64. The van der Waals surface area contributed by atoms with Crippen LogP contribution in [0.1, 0.15) is 5.56 Å². The van der Waals surface area contributed by atoms with Crippen LogP contribution in [0.25, 0.3) is 0 Å². The van der Waals surface area contributed by atoms with Gasteiger partial charge >= 0.3 is 0 Å². The van der Waals surface area contributed by atoms with Crippen molar-refractivity contribution in [1.29, 1.82) is 0 Å². The van der Waals surface area contributed by atoms with Gasteiger partial charge in [-0.1, -0.05) is 12.6 Å². The normalized spacial score (nSPS) is 10.7. The molecular formula is C11H18NO4S+. The van der Waals surface area contributed by atoms with Crippen LogP contribution in [0.15, 0.2) is 23.4 Å². The van der Waals surface area contributed by atoms with Crippen molar-refractivity contribution in [2.24, 2.45) is 0 Å². The van der Waals surface area contributed by atoms with E-state index in [0.717, 1.165) is 10.3 Å². The Morgan fingerprint density at radius 1 is 1.18 bits per heavy atom. The zero-order chi connectivity index (χ0) is 12.5. The third-order valence-corrected chi connectivity index (χ3v) is 2.40. The zero-order valence-electron chi connectivity index (χ0n) is 9.83. The highest BCUT2D eigenvalue weighted by molar-refractivity contribution is 7.80. The molecule has 1 heterocycles. The lowest BCUT2D eigenvalue weighted by molar-refractivity contribution is -0.932. The Morgan fingerprint density at radius 2 is 1.88 bits per heavy atom. The van der Waals surface area contributed by atoms with E-state index in [1.165, 1.54) is 0 Å². The third kappa shape index (κ3) is 5.88. The maximum absolute atomic E-state index is 9.35. The number of aromatic nitrogens is 1. The summed E-state index contributed by atoms with van der Waals surface area (Å²) in [5.74, 6) is 0. The number of ether oxygens (including phenoxy) is 3. The van der Waals surface area contributed by atoms with Crippen molar-refractivity contribution in [2.45, 2.75) is 11.6 Å². The zero-order valence-corrected chi connectivity index (χ0v) is 10.7. The van der Waals surface area contributed by atoms with Gasteiger partial charge in [0.05, 0.1) is 33.0 Å². The van der Waals surface area contributed by atoms with Gasteiger partial charge in [-0.05, 0) is 6.07 Å². The van der Waals surface area contributed by atoms with Gasteiger partial charge in [0.25, 0.3) is 5.03 Å². The predicted octanol–water partition coefficient (Wildman–Crippen LogP) is 0.680. The van der Waals surface area contributed by atoms with Gasteiger partial charge in [0.15, 0.2) is 0 Å². The molecule has 0 aromatic carbocycles. The molecule has 0 aliphatic rings. The number of rotatable bonds is 8. The minimum absolute atomic E-state index is 0.433. The van der Waals surface area contributed by atoms with Crippen LogP contribution in [0.2, 0.25) is 0 Å². The average molecular weight is 260 g/mol. The largest absolute Gasteiger partial charge is 0.382 e. The van der Waals surface area contributed by atoms with E-state index < -0.39 is 0 Å². The molecular weight excluding hydrogens is 242 g/mol. The van der Waals surface area contributed by atoms with Crippen molar-refractivity contribution < 1.29 is 24.1 Å². The molecule has 0 aliphatic carbocycles. The van der Waals surface area contributed by atoms with E-state index in [-0.39, 0.29) is 0 Å². The van der Waals surface area contributed by atoms with Crippen LogP contribution in [0.3, 0.4) is 0 Å². The van der Waals surface area contributed by atoms with Gasteiger partial charge in [0.2, 0.25) is 6.20 Å². The Hall–Kier alpha value is -0.820. The minimum Gasteiger partial charge on any atom is -0.382 e. The molecule has 0 aliphatic heterocycles. The fourth-order valence-electron chi connectivity index (χ4n) is 1.16. The minimum atomic E-state index is 0.433. The highest BCUT2D eigenvalue weighted by atomic mass is 32.1. The monoisotopic (exact) mass is 260 g/mol. The average Bonchev–Trinajstić information content (AvgIpc) is 2.32. The van der Waals surface area contributed by atoms with Gasteiger partial charge in [-0.3, -0.25) is 5.21 Å². The lowest BCUT2D eigenvalue weighted by Gasteiger charge is -2.04. The lowest BCUT2D eigenvalue weighted by atomic mass is 10.3. The van der Waals surface area contributed by atoms with E-state index in [2.05, 4.69) is 12.6 Å². The van der Waals surface area contributed by atoms with E-state index in [9.17, 15) is 5.21 Å². The Bertz CT molecular complexity index is 335. The molecule has 5 nitrogen and oxygen atoms in total. The maximum Gasteiger partial charge on any atom is 0.287 e. The van der Waals surface area contributed by atoms with Crippen LogP contribution < -0.4 is 4.73 Å². The number of methoxy groups -OCH3 is 1. The van der Waals surface area contributed by atoms with E-state index >= 15 is 0 Å². The number of hydrogen-bond donors (Lipinski definition) is 2. The third-order valence-electron chi connectivity index (χ3n) is 2.04. The van der Waals surface area contributed by atoms with Gasteiger partial charge in [-0.15, -0.1) is 0 Å².